The Bertz CT molecular complexity index is 569. The van der Waals surface area contributed by atoms with Gasteiger partial charge in [0.05, 0.1) is 19.2 Å². The summed E-state index contributed by atoms with van der Waals surface area (Å²) in [5.74, 6) is 1.91. The summed E-state index contributed by atoms with van der Waals surface area (Å²) in [5, 5.41) is 2.58. The van der Waals surface area contributed by atoms with E-state index in [2.05, 4.69) is 5.32 Å². The predicted octanol–water partition coefficient (Wildman–Crippen LogP) is 0.665. The minimum atomic E-state index is -0.774. The molecule has 3 heterocycles. The number of nitrogens with one attached hydrogen (secondary N) is 1. The van der Waals surface area contributed by atoms with E-state index in [1.807, 2.05) is 11.8 Å². The molecular formula is C14H17N3O4S. The van der Waals surface area contributed by atoms with Crippen molar-refractivity contribution in [3.63, 3.8) is 0 Å². The maximum Gasteiger partial charge on any atom is 0.325 e. The van der Waals surface area contributed by atoms with Gasteiger partial charge >= 0.3 is 6.03 Å². The van der Waals surface area contributed by atoms with Crippen LogP contribution >= 0.6 is 11.8 Å². The highest BCUT2D eigenvalue weighted by Gasteiger charge is 2.40. The fourth-order valence-corrected chi connectivity index (χ4v) is 3.44. The van der Waals surface area contributed by atoms with Gasteiger partial charge in [0.25, 0.3) is 5.91 Å². The molecule has 0 saturated carbocycles. The fourth-order valence-electron chi connectivity index (χ4n) is 2.54. The Balaban J connectivity index is 1.59. The maximum atomic E-state index is 12.3. The second kappa shape index (κ2) is 6.43. The molecule has 2 saturated heterocycles. The maximum absolute atomic E-state index is 12.3. The number of rotatable bonds is 4. The molecule has 22 heavy (non-hydrogen) atoms. The van der Waals surface area contributed by atoms with E-state index in [4.69, 9.17) is 4.42 Å². The summed E-state index contributed by atoms with van der Waals surface area (Å²) in [6, 6.07) is 2.14. The normalized spacial score (nSPS) is 22.1. The molecule has 118 valence electrons. The van der Waals surface area contributed by atoms with Crippen LogP contribution in [-0.4, -0.2) is 58.3 Å². The topological polar surface area (TPSA) is 82.9 Å². The second-order valence-corrected chi connectivity index (χ2v) is 6.43. The molecule has 7 nitrogen and oxygen atoms in total. The minimum absolute atomic E-state index is 0.0178. The van der Waals surface area contributed by atoms with Crippen LogP contribution in [0.3, 0.4) is 0 Å². The lowest BCUT2D eigenvalue weighted by molar-refractivity contribution is -0.135. The van der Waals surface area contributed by atoms with Crippen LogP contribution in [0.15, 0.2) is 22.8 Å². The van der Waals surface area contributed by atoms with Crippen LogP contribution in [0.1, 0.15) is 12.2 Å². The number of carbonyl (C=O) groups is 3. The van der Waals surface area contributed by atoms with Gasteiger partial charge in [-0.25, -0.2) is 4.79 Å². The molecule has 0 bridgehead atoms. The molecule has 2 fully saturated rings. The third-order valence-corrected chi connectivity index (χ3v) is 4.69. The first-order chi connectivity index (χ1) is 10.6. The van der Waals surface area contributed by atoms with Gasteiger partial charge in [0.15, 0.2) is 0 Å². The van der Waals surface area contributed by atoms with Crippen LogP contribution in [0.4, 0.5) is 4.79 Å². The first-order valence-corrected chi connectivity index (χ1v) is 8.30. The summed E-state index contributed by atoms with van der Waals surface area (Å²) in [6.45, 7) is 1.49. The van der Waals surface area contributed by atoms with Gasteiger partial charge < -0.3 is 14.6 Å². The second-order valence-electron chi connectivity index (χ2n) is 5.20. The minimum Gasteiger partial charge on any atom is -0.467 e. The quantitative estimate of drug-likeness (QED) is 0.823. The van der Waals surface area contributed by atoms with Gasteiger partial charge in [-0.15, -0.1) is 0 Å². The molecule has 0 radical (unpaired) electrons. The number of furan rings is 1. The van der Waals surface area contributed by atoms with Gasteiger partial charge in [0, 0.05) is 24.6 Å². The summed E-state index contributed by atoms with van der Waals surface area (Å²) in [7, 11) is 0. The van der Waals surface area contributed by atoms with Crippen molar-refractivity contribution in [3.8, 4) is 0 Å². The summed E-state index contributed by atoms with van der Waals surface area (Å²) < 4.78 is 5.15. The van der Waals surface area contributed by atoms with Crippen LogP contribution in [0.5, 0.6) is 0 Å². The van der Waals surface area contributed by atoms with Crippen LogP contribution in [-0.2, 0) is 16.1 Å². The van der Waals surface area contributed by atoms with E-state index in [0.29, 0.717) is 18.8 Å². The molecule has 1 atom stereocenters. The fraction of sp³-hybridized carbons (Fsp3) is 0.500. The molecule has 1 N–H and O–H groups in total. The molecule has 8 heteroatoms. The van der Waals surface area contributed by atoms with Crippen molar-refractivity contribution < 1.29 is 18.8 Å². The zero-order valence-corrected chi connectivity index (χ0v) is 12.8. The number of nitrogens with zero attached hydrogens (tertiary/aromatic N) is 2. The highest BCUT2D eigenvalue weighted by Crippen LogP contribution is 2.16. The summed E-state index contributed by atoms with van der Waals surface area (Å²) in [4.78, 5) is 39.2. The van der Waals surface area contributed by atoms with Crippen molar-refractivity contribution in [1.82, 2.24) is 15.1 Å². The largest absolute Gasteiger partial charge is 0.467 e. The van der Waals surface area contributed by atoms with Crippen LogP contribution in [0.2, 0.25) is 0 Å². The Morgan fingerprint density at radius 1 is 1.36 bits per heavy atom. The van der Waals surface area contributed by atoms with E-state index in [-0.39, 0.29) is 24.8 Å². The molecular weight excluding hydrogens is 306 g/mol. The smallest absolute Gasteiger partial charge is 0.325 e. The Labute approximate surface area is 132 Å². The van der Waals surface area contributed by atoms with Gasteiger partial charge in [0.2, 0.25) is 5.91 Å². The number of hydrogen-bond donors (Lipinski definition) is 1. The number of amides is 4. The van der Waals surface area contributed by atoms with Crippen molar-refractivity contribution in [3.05, 3.63) is 24.2 Å². The van der Waals surface area contributed by atoms with E-state index in [1.165, 1.54) is 6.26 Å². The lowest BCUT2D eigenvalue weighted by Gasteiger charge is -2.27. The number of imide groups is 1. The third kappa shape index (κ3) is 3.11. The molecule has 2 aliphatic heterocycles. The van der Waals surface area contributed by atoms with Crippen molar-refractivity contribution in [2.75, 3.05) is 24.6 Å². The molecule has 2 aliphatic rings. The van der Waals surface area contributed by atoms with E-state index >= 15 is 0 Å². The summed E-state index contributed by atoms with van der Waals surface area (Å²) in [5.41, 5.74) is 0. The molecule has 0 unspecified atom stereocenters. The molecule has 4 amide bonds. The number of thioether (sulfide) groups is 1. The SMILES string of the molecule is O=C(C[C@H]1NC(=O)N(Cc2ccco2)C1=O)N1CCSCC1. The van der Waals surface area contributed by atoms with Gasteiger partial charge in [-0.05, 0) is 12.1 Å². The Kier molecular flexibility index (Phi) is 4.37. The van der Waals surface area contributed by atoms with E-state index in [0.717, 1.165) is 16.4 Å². The standard InChI is InChI=1S/C14H17N3O4S/c18-12(16-3-6-22-7-4-16)8-11-13(19)17(14(20)15-11)9-10-2-1-5-21-10/h1-2,5,11H,3-4,6-9H2,(H,15,20)/t11-/m1/s1. The van der Waals surface area contributed by atoms with Crippen molar-refractivity contribution in [2.45, 2.75) is 19.0 Å². The predicted molar refractivity (Wildman–Crippen MR) is 80.1 cm³/mol. The average Bonchev–Trinajstić information content (AvgIpc) is 3.13. The van der Waals surface area contributed by atoms with Crippen molar-refractivity contribution in [1.29, 1.82) is 0 Å². The lowest BCUT2D eigenvalue weighted by Crippen LogP contribution is -2.42. The Hall–Kier alpha value is -1.96. The highest BCUT2D eigenvalue weighted by molar-refractivity contribution is 7.99. The lowest BCUT2D eigenvalue weighted by atomic mass is 10.2. The van der Waals surface area contributed by atoms with Gasteiger partial charge in [-0.3, -0.25) is 14.5 Å². The molecule has 0 spiro atoms. The zero-order chi connectivity index (χ0) is 15.5. The van der Waals surface area contributed by atoms with Crippen LogP contribution in [0.25, 0.3) is 0 Å². The molecule has 1 aromatic rings. The number of carbonyl (C=O) groups excluding carboxylic acids is 3. The molecule has 1 aromatic heterocycles. The average molecular weight is 323 g/mol. The first kappa shape index (κ1) is 15.0. The summed E-state index contributed by atoms with van der Waals surface area (Å²) >= 11 is 1.81. The number of hydrogen-bond acceptors (Lipinski definition) is 5. The monoisotopic (exact) mass is 323 g/mol. The van der Waals surface area contributed by atoms with Crippen LogP contribution < -0.4 is 5.32 Å². The van der Waals surface area contributed by atoms with E-state index in [1.54, 1.807) is 17.0 Å². The van der Waals surface area contributed by atoms with Crippen LogP contribution in [0, 0.1) is 0 Å². The zero-order valence-electron chi connectivity index (χ0n) is 12.0. The van der Waals surface area contributed by atoms with Crippen molar-refractivity contribution >= 4 is 29.6 Å². The first-order valence-electron chi connectivity index (χ1n) is 7.15. The third-order valence-electron chi connectivity index (χ3n) is 3.74. The summed E-state index contributed by atoms with van der Waals surface area (Å²) in [6.07, 6.45) is 1.51. The molecule has 3 rings (SSSR count). The van der Waals surface area contributed by atoms with E-state index < -0.39 is 12.1 Å². The molecule has 0 aliphatic carbocycles. The highest BCUT2D eigenvalue weighted by atomic mass is 32.2. The van der Waals surface area contributed by atoms with Gasteiger partial charge in [-0.1, -0.05) is 0 Å². The Morgan fingerprint density at radius 2 is 2.14 bits per heavy atom. The van der Waals surface area contributed by atoms with Crippen molar-refractivity contribution in [2.24, 2.45) is 0 Å². The van der Waals surface area contributed by atoms with E-state index in [9.17, 15) is 14.4 Å². The molecule has 0 aromatic carbocycles. The van der Waals surface area contributed by atoms with Gasteiger partial charge in [0.1, 0.15) is 11.8 Å². The number of urea groups is 1. The Morgan fingerprint density at radius 3 is 2.82 bits per heavy atom. The van der Waals surface area contributed by atoms with Gasteiger partial charge in [-0.2, -0.15) is 11.8 Å².